The molecule has 0 saturated heterocycles. The first kappa shape index (κ1) is 16.5. The second-order valence-corrected chi connectivity index (χ2v) is 5.79. The Balaban J connectivity index is 1.79. The van der Waals surface area contributed by atoms with E-state index < -0.39 is 0 Å². The first-order valence-electron chi connectivity index (χ1n) is 6.64. The summed E-state index contributed by atoms with van der Waals surface area (Å²) in [5.41, 5.74) is 1.05. The zero-order valence-electron chi connectivity index (χ0n) is 11.6. The number of rotatable bonds is 5. The van der Waals surface area contributed by atoms with Gasteiger partial charge in [-0.3, -0.25) is 9.59 Å². The van der Waals surface area contributed by atoms with Crippen molar-refractivity contribution in [1.29, 1.82) is 0 Å². The molecule has 6 heteroatoms. The van der Waals surface area contributed by atoms with Crippen molar-refractivity contribution in [2.75, 3.05) is 13.1 Å². The van der Waals surface area contributed by atoms with E-state index in [1.54, 1.807) is 42.5 Å². The van der Waals surface area contributed by atoms with Gasteiger partial charge >= 0.3 is 0 Å². The van der Waals surface area contributed by atoms with Crippen LogP contribution in [0.5, 0.6) is 0 Å². The number of nitrogens with one attached hydrogen (secondary N) is 2. The summed E-state index contributed by atoms with van der Waals surface area (Å²) in [6.07, 6.45) is 0. The molecule has 0 bridgehead atoms. The van der Waals surface area contributed by atoms with Crippen molar-refractivity contribution in [3.05, 3.63) is 69.2 Å². The highest BCUT2D eigenvalue weighted by atomic mass is 79.9. The molecule has 114 valence electrons. The number of hydrogen-bond acceptors (Lipinski definition) is 2. The Morgan fingerprint density at radius 3 is 2.32 bits per heavy atom. The van der Waals surface area contributed by atoms with Crippen LogP contribution < -0.4 is 10.6 Å². The lowest BCUT2D eigenvalue weighted by Crippen LogP contribution is -2.34. The Hall–Kier alpha value is -1.85. The van der Waals surface area contributed by atoms with E-state index in [0.29, 0.717) is 29.2 Å². The first-order chi connectivity index (χ1) is 10.6. The van der Waals surface area contributed by atoms with Gasteiger partial charge in [0.2, 0.25) is 0 Å². The summed E-state index contributed by atoms with van der Waals surface area (Å²) >= 11 is 9.16. The maximum Gasteiger partial charge on any atom is 0.252 e. The fourth-order valence-corrected chi connectivity index (χ4v) is 2.48. The fraction of sp³-hybridized carbons (Fsp3) is 0.125. The van der Waals surface area contributed by atoms with Crippen molar-refractivity contribution >= 4 is 39.3 Å². The molecule has 0 aromatic heterocycles. The van der Waals surface area contributed by atoms with Crippen LogP contribution in [0.25, 0.3) is 0 Å². The minimum Gasteiger partial charge on any atom is -0.350 e. The molecule has 0 atom stereocenters. The molecule has 2 aromatic carbocycles. The molecule has 0 saturated carbocycles. The summed E-state index contributed by atoms with van der Waals surface area (Å²) in [6.45, 7) is 0.675. The van der Waals surface area contributed by atoms with E-state index in [2.05, 4.69) is 26.6 Å². The molecule has 0 aliphatic carbocycles. The highest BCUT2D eigenvalue weighted by Crippen LogP contribution is 2.15. The van der Waals surface area contributed by atoms with Gasteiger partial charge in [0.1, 0.15) is 0 Å². The summed E-state index contributed by atoms with van der Waals surface area (Å²) in [6, 6.07) is 13.9. The Morgan fingerprint density at radius 1 is 0.955 bits per heavy atom. The van der Waals surface area contributed by atoms with Crippen molar-refractivity contribution in [3.63, 3.8) is 0 Å². The highest BCUT2D eigenvalue weighted by molar-refractivity contribution is 9.10. The number of halogens is 2. The van der Waals surface area contributed by atoms with Gasteiger partial charge in [-0.1, -0.05) is 29.8 Å². The predicted octanol–water partition coefficient (Wildman–Crippen LogP) is 3.26. The Kier molecular flexibility index (Phi) is 5.98. The molecule has 0 fully saturated rings. The van der Waals surface area contributed by atoms with Gasteiger partial charge in [0.15, 0.2) is 0 Å². The topological polar surface area (TPSA) is 58.2 Å². The van der Waals surface area contributed by atoms with Crippen LogP contribution in [0.1, 0.15) is 20.7 Å². The Labute approximate surface area is 142 Å². The molecule has 0 radical (unpaired) electrons. The van der Waals surface area contributed by atoms with E-state index in [9.17, 15) is 9.59 Å². The average Bonchev–Trinajstić information content (AvgIpc) is 2.51. The quantitative estimate of drug-likeness (QED) is 0.781. The van der Waals surface area contributed by atoms with E-state index in [1.807, 2.05) is 6.07 Å². The number of amides is 2. The van der Waals surface area contributed by atoms with Crippen molar-refractivity contribution < 1.29 is 9.59 Å². The first-order valence-corrected chi connectivity index (χ1v) is 7.81. The lowest BCUT2D eigenvalue weighted by atomic mass is 10.2. The molecule has 22 heavy (non-hydrogen) atoms. The lowest BCUT2D eigenvalue weighted by molar-refractivity contribution is 0.0927. The van der Waals surface area contributed by atoms with Gasteiger partial charge in [-0.2, -0.15) is 0 Å². The molecule has 0 heterocycles. The minimum absolute atomic E-state index is 0.190. The highest BCUT2D eigenvalue weighted by Gasteiger charge is 2.09. The lowest BCUT2D eigenvalue weighted by Gasteiger charge is -2.08. The molecule has 0 aliphatic heterocycles. The molecule has 2 aromatic rings. The molecule has 2 N–H and O–H groups in total. The van der Waals surface area contributed by atoms with Crippen LogP contribution in [0.15, 0.2) is 53.0 Å². The SMILES string of the molecule is O=C(NCCNC(=O)c1ccccc1Br)c1cccc(Cl)c1. The van der Waals surface area contributed by atoms with E-state index in [0.717, 1.165) is 4.47 Å². The number of carbonyl (C=O) groups excluding carboxylic acids is 2. The van der Waals surface area contributed by atoms with Crippen LogP contribution in [0.4, 0.5) is 0 Å². The molecular weight excluding hydrogens is 368 g/mol. The Morgan fingerprint density at radius 2 is 1.64 bits per heavy atom. The molecule has 0 unspecified atom stereocenters. The normalized spacial score (nSPS) is 10.1. The van der Waals surface area contributed by atoms with Gasteiger partial charge in [0.25, 0.3) is 11.8 Å². The smallest absolute Gasteiger partial charge is 0.252 e. The van der Waals surface area contributed by atoms with Gasteiger partial charge in [-0.25, -0.2) is 0 Å². The van der Waals surface area contributed by atoms with Gasteiger partial charge in [-0.15, -0.1) is 0 Å². The summed E-state index contributed by atoms with van der Waals surface area (Å²) in [5.74, 6) is -0.415. The van der Waals surface area contributed by atoms with Gasteiger partial charge < -0.3 is 10.6 Å². The average molecular weight is 382 g/mol. The van der Waals surface area contributed by atoms with Gasteiger partial charge in [0, 0.05) is 28.1 Å². The molecule has 0 spiro atoms. The largest absolute Gasteiger partial charge is 0.350 e. The standard InChI is InChI=1S/C16H14BrClN2O2/c17-14-7-2-1-6-13(14)16(22)20-9-8-19-15(21)11-4-3-5-12(18)10-11/h1-7,10H,8-9H2,(H,19,21)(H,20,22). The van der Waals surface area contributed by atoms with E-state index in [1.165, 1.54) is 0 Å². The maximum atomic E-state index is 12.0. The van der Waals surface area contributed by atoms with E-state index >= 15 is 0 Å². The molecule has 2 amide bonds. The summed E-state index contributed by atoms with van der Waals surface area (Å²) in [5, 5.41) is 5.98. The van der Waals surface area contributed by atoms with Gasteiger partial charge in [-0.05, 0) is 46.3 Å². The molecule has 2 rings (SSSR count). The van der Waals surface area contributed by atoms with Crippen molar-refractivity contribution in [3.8, 4) is 0 Å². The zero-order valence-corrected chi connectivity index (χ0v) is 13.9. The number of carbonyl (C=O) groups is 2. The van der Waals surface area contributed by atoms with Crippen LogP contribution in [0.2, 0.25) is 5.02 Å². The van der Waals surface area contributed by atoms with Crippen LogP contribution in [-0.4, -0.2) is 24.9 Å². The number of hydrogen-bond donors (Lipinski definition) is 2. The number of benzene rings is 2. The van der Waals surface area contributed by atoms with Gasteiger partial charge in [0.05, 0.1) is 5.56 Å². The van der Waals surface area contributed by atoms with E-state index in [4.69, 9.17) is 11.6 Å². The van der Waals surface area contributed by atoms with Crippen molar-refractivity contribution in [1.82, 2.24) is 10.6 Å². The second kappa shape index (κ2) is 7.96. The third-order valence-electron chi connectivity index (χ3n) is 2.90. The molecule has 4 nitrogen and oxygen atoms in total. The monoisotopic (exact) mass is 380 g/mol. The minimum atomic E-state index is -0.224. The zero-order chi connectivity index (χ0) is 15.9. The van der Waals surface area contributed by atoms with Crippen molar-refractivity contribution in [2.45, 2.75) is 0 Å². The van der Waals surface area contributed by atoms with Crippen LogP contribution >= 0.6 is 27.5 Å². The van der Waals surface area contributed by atoms with Crippen LogP contribution in [0, 0.1) is 0 Å². The third kappa shape index (κ3) is 4.58. The summed E-state index contributed by atoms with van der Waals surface area (Å²) in [4.78, 5) is 23.8. The van der Waals surface area contributed by atoms with Crippen LogP contribution in [0.3, 0.4) is 0 Å². The second-order valence-electron chi connectivity index (χ2n) is 4.50. The maximum absolute atomic E-state index is 12.0. The summed E-state index contributed by atoms with van der Waals surface area (Å²) < 4.78 is 0.732. The van der Waals surface area contributed by atoms with E-state index in [-0.39, 0.29) is 11.8 Å². The predicted molar refractivity (Wildman–Crippen MR) is 90.3 cm³/mol. The Bertz CT molecular complexity index is 691. The third-order valence-corrected chi connectivity index (χ3v) is 3.83. The molecular formula is C16H14BrClN2O2. The molecule has 0 aliphatic rings. The van der Waals surface area contributed by atoms with Crippen LogP contribution in [-0.2, 0) is 0 Å². The fourth-order valence-electron chi connectivity index (χ4n) is 1.82. The summed E-state index contributed by atoms with van der Waals surface area (Å²) in [7, 11) is 0. The van der Waals surface area contributed by atoms with Crippen molar-refractivity contribution in [2.24, 2.45) is 0 Å².